The van der Waals surface area contributed by atoms with E-state index in [2.05, 4.69) is 0 Å². The lowest BCUT2D eigenvalue weighted by Crippen LogP contribution is -2.10. The second-order valence-electron chi connectivity index (χ2n) is 3.99. The number of carbonyl (C=O) groups is 2. The fraction of sp³-hybridized carbons (Fsp3) is 0.0667. The number of esters is 1. The van der Waals surface area contributed by atoms with Gasteiger partial charge in [-0.15, -0.1) is 0 Å². The molecule has 0 unspecified atom stereocenters. The number of hydrogen-bond acceptors (Lipinski definition) is 4. The Balaban J connectivity index is 2.29. The number of Topliss-reactive ketones (excluding diaryl/α,β-unsaturated/α-hetero) is 1. The zero-order chi connectivity index (χ0) is 13.8. The number of hydrogen-bond donors (Lipinski definition) is 1. The molecule has 4 heteroatoms. The van der Waals surface area contributed by atoms with E-state index in [0.717, 1.165) is 0 Å². The largest absolute Gasteiger partial charge is 0.508 e. The van der Waals surface area contributed by atoms with Gasteiger partial charge in [0.25, 0.3) is 0 Å². The minimum atomic E-state index is -0.547. The Bertz CT molecular complexity index is 617. The molecule has 0 atom stereocenters. The Kier molecular flexibility index (Phi) is 3.61. The van der Waals surface area contributed by atoms with Crippen molar-refractivity contribution in [1.82, 2.24) is 0 Å². The zero-order valence-corrected chi connectivity index (χ0v) is 10.3. The summed E-state index contributed by atoms with van der Waals surface area (Å²) in [6, 6.07) is 12.5. The van der Waals surface area contributed by atoms with Crippen LogP contribution >= 0.6 is 0 Å². The van der Waals surface area contributed by atoms with E-state index in [-0.39, 0.29) is 22.8 Å². The Labute approximate surface area is 110 Å². The summed E-state index contributed by atoms with van der Waals surface area (Å²) in [4.78, 5) is 23.3. The zero-order valence-electron chi connectivity index (χ0n) is 10.3. The summed E-state index contributed by atoms with van der Waals surface area (Å²) in [5, 5.41) is 9.34. The van der Waals surface area contributed by atoms with Crippen molar-refractivity contribution in [2.24, 2.45) is 0 Å². The number of benzene rings is 2. The van der Waals surface area contributed by atoms with E-state index in [1.807, 2.05) is 0 Å². The van der Waals surface area contributed by atoms with Crippen molar-refractivity contribution in [3.63, 3.8) is 0 Å². The average Bonchev–Trinajstić information content (AvgIpc) is 2.41. The predicted molar refractivity (Wildman–Crippen MR) is 69.5 cm³/mol. The molecule has 2 rings (SSSR count). The number of ketones is 1. The van der Waals surface area contributed by atoms with Gasteiger partial charge in [0.15, 0.2) is 5.78 Å². The summed E-state index contributed by atoms with van der Waals surface area (Å²) in [5.41, 5.74) is 0.564. The monoisotopic (exact) mass is 256 g/mol. The van der Waals surface area contributed by atoms with Gasteiger partial charge in [0, 0.05) is 0 Å². The first-order valence-electron chi connectivity index (χ1n) is 5.69. The maximum Gasteiger partial charge on any atom is 0.343 e. The third kappa shape index (κ3) is 2.98. The van der Waals surface area contributed by atoms with Crippen LogP contribution in [0.5, 0.6) is 11.5 Å². The fourth-order valence-corrected chi connectivity index (χ4v) is 1.62. The van der Waals surface area contributed by atoms with E-state index in [0.29, 0.717) is 5.56 Å². The second kappa shape index (κ2) is 5.35. The standard InChI is InChI=1S/C15H12O4/c1-10(16)13-9-12(17)7-8-14(13)19-15(18)11-5-3-2-4-6-11/h2-9,17H,1H3. The van der Waals surface area contributed by atoms with E-state index in [1.165, 1.54) is 25.1 Å². The third-order valence-electron chi connectivity index (χ3n) is 2.55. The lowest BCUT2D eigenvalue weighted by molar-refractivity contribution is 0.0732. The van der Waals surface area contributed by atoms with Crippen molar-refractivity contribution >= 4 is 11.8 Å². The molecule has 0 fully saturated rings. The van der Waals surface area contributed by atoms with Crippen LogP contribution in [0.2, 0.25) is 0 Å². The summed E-state index contributed by atoms with van der Waals surface area (Å²) in [6.07, 6.45) is 0. The molecule has 2 aromatic carbocycles. The van der Waals surface area contributed by atoms with Crippen LogP contribution in [-0.2, 0) is 0 Å². The summed E-state index contributed by atoms with van der Waals surface area (Å²) in [5.74, 6) is -0.746. The Hall–Kier alpha value is -2.62. The summed E-state index contributed by atoms with van der Waals surface area (Å²) in [7, 11) is 0. The van der Waals surface area contributed by atoms with Gasteiger partial charge in [-0.1, -0.05) is 18.2 Å². The summed E-state index contributed by atoms with van der Waals surface area (Å²) < 4.78 is 5.18. The first-order valence-corrected chi connectivity index (χ1v) is 5.69. The Morgan fingerprint density at radius 2 is 1.74 bits per heavy atom. The van der Waals surface area contributed by atoms with Gasteiger partial charge in [0.2, 0.25) is 0 Å². The molecule has 0 bridgehead atoms. The quantitative estimate of drug-likeness (QED) is 0.521. The van der Waals surface area contributed by atoms with Crippen molar-refractivity contribution in [3.8, 4) is 11.5 Å². The average molecular weight is 256 g/mol. The van der Waals surface area contributed by atoms with Crippen LogP contribution in [0.15, 0.2) is 48.5 Å². The molecule has 2 aromatic rings. The fourth-order valence-electron chi connectivity index (χ4n) is 1.62. The number of carbonyl (C=O) groups excluding carboxylic acids is 2. The molecular formula is C15H12O4. The molecule has 0 saturated carbocycles. The van der Waals surface area contributed by atoms with Crippen LogP contribution < -0.4 is 4.74 Å². The topological polar surface area (TPSA) is 63.6 Å². The van der Waals surface area contributed by atoms with Gasteiger partial charge in [0.05, 0.1) is 11.1 Å². The number of rotatable bonds is 3. The minimum absolute atomic E-state index is 0.0512. The van der Waals surface area contributed by atoms with Gasteiger partial charge >= 0.3 is 5.97 Å². The predicted octanol–water partition coefficient (Wildman–Crippen LogP) is 2.81. The molecule has 0 aliphatic rings. The lowest BCUT2D eigenvalue weighted by Gasteiger charge is -2.08. The van der Waals surface area contributed by atoms with Gasteiger partial charge in [-0.2, -0.15) is 0 Å². The number of aromatic hydroxyl groups is 1. The van der Waals surface area contributed by atoms with Gasteiger partial charge in [-0.05, 0) is 37.3 Å². The number of ether oxygens (including phenoxy) is 1. The summed E-state index contributed by atoms with van der Waals surface area (Å²) >= 11 is 0. The highest BCUT2D eigenvalue weighted by Gasteiger charge is 2.14. The van der Waals surface area contributed by atoms with Gasteiger partial charge < -0.3 is 9.84 Å². The smallest absolute Gasteiger partial charge is 0.343 e. The van der Waals surface area contributed by atoms with Gasteiger partial charge in [-0.25, -0.2) is 4.79 Å². The molecule has 0 aliphatic heterocycles. The van der Waals surface area contributed by atoms with Gasteiger partial charge in [0.1, 0.15) is 11.5 Å². The van der Waals surface area contributed by atoms with Crippen molar-refractivity contribution in [3.05, 3.63) is 59.7 Å². The normalized spacial score (nSPS) is 9.95. The van der Waals surface area contributed by atoms with Crippen LogP contribution in [0.4, 0.5) is 0 Å². The minimum Gasteiger partial charge on any atom is -0.508 e. The second-order valence-corrected chi connectivity index (χ2v) is 3.99. The van der Waals surface area contributed by atoms with Crippen molar-refractivity contribution < 1.29 is 19.4 Å². The van der Waals surface area contributed by atoms with Crippen molar-refractivity contribution in [2.75, 3.05) is 0 Å². The Morgan fingerprint density at radius 1 is 1.05 bits per heavy atom. The molecule has 0 spiro atoms. The van der Waals surface area contributed by atoms with E-state index in [4.69, 9.17) is 4.74 Å². The first kappa shape index (κ1) is 12.8. The number of phenols is 1. The van der Waals surface area contributed by atoms with E-state index in [9.17, 15) is 14.7 Å². The molecule has 0 radical (unpaired) electrons. The molecule has 96 valence electrons. The van der Waals surface area contributed by atoms with Crippen LogP contribution in [0.3, 0.4) is 0 Å². The molecule has 4 nitrogen and oxygen atoms in total. The van der Waals surface area contributed by atoms with E-state index < -0.39 is 5.97 Å². The molecule has 0 heterocycles. The highest BCUT2D eigenvalue weighted by Crippen LogP contribution is 2.24. The Morgan fingerprint density at radius 3 is 2.37 bits per heavy atom. The molecule has 0 amide bonds. The van der Waals surface area contributed by atoms with Gasteiger partial charge in [-0.3, -0.25) is 4.79 Å². The van der Waals surface area contributed by atoms with E-state index in [1.54, 1.807) is 30.3 Å². The SMILES string of the molecule is CC(=O)c1cc(O)ccc1OC(=O)c1ccccc1. The highest BCUT2D eigenvalue weighted by atomic mass is 16.5. The molecule has 1 N–H and O–H groups in total. The lowest BCUT2D eigenvalue weighted by atomic mass is 10.1. The third-order valence-corrected chi connectivity index (χ3v) is 2.55. The van der Waals surface area contributed by atoms with Crippen LogP contribution in [-0.4, -0.2) is 16.9 Å². The van der Waals surface area contributed by atoms with Crippen LogP contribution in [0, 0.1) is 0 Å². The summed E-state index contributed by atoms with van der Waals surface area (Å²) in [6.45, 7) is 1.34. The first-order chi connectivity index (χ1) is 9.08. The molecular weight excluding hydrogens is 244 g/mol. The van der Waals surface area contributed by atoms with Crippen molar-refractivity contribution in [1.29, 1.82) is 0 Å². The highest BCUT2D eigenvalue weighted by molar-refractivity contribution is 5.99. The molecule has 0 aliphatic carbocycles. The molecule has 0 saturated heterocycles. The molecule has 19 heavy (non-hydrogen) atoms. The van der Waals surface area contributed by atoms with Crippen molar-refractivity contribution in [2.45, 2.75) is 6.92 Å². The van der Waals surface area contributed by atoms with Crippen LogP contribution in [0.25, 0.3) is 0 Å². The maximum atomic E-state index is 11.9. The van der Waals surface area contributed by atoms with Crippen LogP contribution in [0.1, 0.15) is 27.6 Å². The molecule has 0 aromatic heterocycles. The van der Waals surface area contributed by atoms with E-state index >= 15 is 0 Å². The number of phenolic OH excluding ortho intramolecular Hbond substituents is 1. The maximum absolute atomic E-state index is 11.9.